The summed E-state index contributed by atoms with van der Waals surface area (Å²) in [6.07, 6.45) is 0.541. The molecule has 2 aromatic rings. The zero-order valence-corrected chi connectivity index (χ0v) is 24.0. The highest BCUT2D eigenvalue weighted by atomic mass is 35.5. The van der Waals surface area contributed by atoms with Crippen molar-refractivity contribution in [1.29, 1.82) is 0 Å². The van der Waals surface area contributed by atoms with Crippen LogP contribution in [0.2, 0.25) is 5.02 Å². The maximum atomic E-state index is 12.8. The lowest BCUT2D eigenvalue weighted by Crippen LogP contribution is -2.45. The van der Waals surface area contributed by atoms with Crippen LogP contribution in [-0.4, -0.2) is 42.1 Å². The van der Waals surface area contributed by atoms with E-state index in [1.165, 1.54) is 25.3 Å². The van der Waals surface area contributed by atoms with E-state index in [0.29, 0.717) is 28.3 Å². The fraction of sp³-hybridized carbons (Fsp3) is 0.423. The molecule has 214 valence electrons. The fourth-order valence-electron chi connectivity index (χ4n) is 3.71. The molecule has 0 unspecified atom stereocenters. The van der Waals surface area contributed by atoms with Gasteiger partial charge in [-0.2, -0.15) is 0 Å². The summed E-state index contributed by atoms with van der Waals surface area (Å²) in [7, 11) is 1.49. The van der Waals surface area contributed by atoms with Crippen LogP contribution in [0, 0.1) is 16.0 Å². The smallest absolute Gasteiger partial charge is 0.345 e. The van der Waals surface area contributed by atoms with Gasteiger partial charge in [-0.3, -0.25) is 20.2 Å². The number of methoxy groups -OCH3 is 1. The summed E-state index contributed by atoms with van der Waals surface area (Å²) in [5, 5.41) is 17.1. The molecule has 0 spiro atoms. The molecule has 0 saturated heterocycles. The maximum absolute atomic E-state index is 12.8. The van der Waals surface area contributed by atoms with E-state index in [1.807, 2.05) is 0 Å². The lowest BCUT2D eigenvalue weighted by Gasteiger charge is -2.21. The van der Waals surface area contributed by atoms with Gasteiger partial charge in [0.25, 0.3) is 5.69 Å². The van der Waals surface area contributed by atoms with Crippen LogP contribution in [0.1, 0.15) is 61.6 Å². The number of hydrogen-bond donors (Lipinski definition) is 3. The second kappa shape index (κ2) is 14.7. The van der Waals surface area contributed by atoms with Crippen molar-refractivity contribution < 1.29 is 28.8 Å². The molecule has 0 aromatic heterocycles. The molecule has 2 atom stereocenters. The van der Waals surface area contributed by atoms with Gasteiger partial charge in [-0.05, 0) is 69.0 Å². The number of halogens is 2. The van der Waals surface area contributed by atoms with Gasteiger partial charge in [-0.25, -0.2) is 9.59 Å². The van der Waals surface area contributed by atoms with Crippen LogP contribution in [0.5, 0.6) is 5.75 Å². The van der Waals surface area contributed by atoms with Crippen molar-refractivity contribution in [3.63, 3.8) is 0 Å². The quantitative estimate of drug-likeness (QED) is 0.205. The van der Waals surface area contributed by atoms with Crippen LogP contribution in [0.4, 0.5) is 10.5 Å². The average Bonchev–Trinajstić information content (AvgIpc) is 2.84. The molecular formula is C26H34Cl2N4O7. The van der Waals surface area contributed by atoms with Crippen molar-refractivity contribution in [2.75, 3.05) is 13.7 Å². The molecule has 2 rings (SSSR count). The first kappa shape index (κ1) is 33.6. The molecule has 0 radical (unpaired) electrons. The Morgan fingerprint density at radius 3 is 2.36 bits per heavy atom. The van der Waals surface area contributed by atoms with E-state index in [1.54, 1.807) is 45.9 Å². The first-order chi connectivity index (χ1) is 17.8. The van der Waals surface area contributed by atoms with Crippen LogP contribution in [0.15, 0.2) is 36.4 Å². The summed E-state index contributed by atoms with van der Waals surface area (Å²) < 4.78 is 10.6. The summed E-state index contributed by atoms with van der Waals surface area (Å²) in [5.41, 5.74) is 5.36. The first-order valence-corrected chi connectivity index (χ1v) is 12.3. The molecule has 0 fully saturated rings. The molecule has 0 aliphatic heterocycles. The third kappa shape index (κ3) is 9.68. The van der Waals surface area contributed by atoms with E-state index in [4.69, 9.17) is 26.8 Å². The number of urea groups is 1. The standard InChI is InChI=1S/C26H33ClN4O7.ClH/c1-6-20(15-7-9-19(21(13-15)31(35)36)24(33)38-26(2,3)4)29-25(34)30-23(32)17(14-28)11-16-12-18(27)8-10-22(16)37-5;/h7-10,12-13,17,20H,6,11,14,28H2,1-5H3,(H2,29,30,32,34);1H/t17-,20-;/m1./s1. The van der Waals surface area contributed by atoms with Crippen molar-refractivity contribution in [3.05, 3.63) is 68.2 Å². The van der Waals surface area contributed by atoms with Gasteiger partial charge in [0.15, 0.2) is 0 Å². The number of rotatable bonds is 10. The van der Waals surface area contributed by atoms with E-state index in [0.717, 1.165) is 0 Å². The minimum absolute atomic E-state index is 0. The number of nitrogens with one attached hydrogen (secondary N) is 2. The minimum Gasteiger partial charge on any atom is -0.496 e. The van der Waals surface area contributed by atoms with Crippen molar-refractivity contribution in [1.82, 2.24) is 10.6 Å². The Hall–Kier alpha value is -3.41. The monoisotopic (exact) mass is 584 g/mol. The molecule has 11 nitrogen and oxygen atoms in total. The number of carbonyl (C=O) groups is 3. The van der Waals surface area contributed by atoms with Crippen molar-refractivity contribution in [2.24, 2.45) is 11.7 Å². The molecule has 0 aliphatic carbocycles. The molecule has 4 N–H and O–H groups in total. The molecule has 2 aromatic carbocycles. The Morgan fingerprint density at radius 2 is 1.82 bits per heavy atom. The third-order valence-electron chi connectivity index (χ3n) is 5.55. The molecule has 3 amide bonds. The van der Waals surface area contributed by atoms with E-state index < -0.39 is 46.1 Å². The Kier molecular flexibility index (Phi) is 12.6. The Bertz CT molecular complexity index is 1200. The number of benzene rings is 2. The van der Waals surface area contributed by atoms with Crippen LogP contribution in [0.25, 0.3) is 0 Å². The number of hydrogen-bond acceptors (Lipinski definition) is 8. The van der Waals surface area contributed by atoms with E-state index >= 15 is 0 Å². The number of carbonyl (C=O) groups excluding carboxylic acids is 3. The molecule has 0 saturated carbocycles. The second-order valence-corrected chi connectivity index (χ2v) is 9.99. The van der Waals surface area contributed by atoms with Crippen LogP contribution >= 0.6 is 24.0 Å². The van der Waals surface area contributed by atoms with Crippen LogP contribution < -0.4 is 21.1 Å². The number of amides is 3. The predicted octanol–water partition coefficient (Wildman–Crippen LogP) is 4.73. The number of esters is 1. The van der Waals surface area contributed by atoms with Crippen LogP contribution in [0.3, 0.4) is 0 Å². The Morgan fingerprint density at radius 1 is 1.15 bits per heavy atom. The highest BCUT2D eigenvalue weighted by Gasteiger charge is 2.28. The van der Waals surface area contributed by atoms with E-state index in [-0.39, 0.29) is 30.9 Å². The zero-order chi connectivity index (χ0) is 28.6. The predicted molar refractivity (Wildman–Crippen MR) is 149 cm³/mol. The van der Waals surface area contributed by atoms with Gasteiger partial charge in [0.05, 0.1) is 24.0 Å². The summed E-state index contributed by atoms with van der Waals surface area (Å²) >= 11 is 6.06. The first-order valence-electron chi connectivity index (χ1n) is 11.9. The zero-order valence-electron chi connectivity index (χ0n) is 22.4. The number of ether oxygens (including phenoxy) is 2. The SMILES string of the molecule is CC[C@@H](NC(=O)NC(=O)[C@@H](CN)Cc1cc(Cl)ccc1OC)c1ccc(C(=O)OC(C)(C)C)c([N+](=O)[O-])c1.Cl. The van der Waals surface area contributed by atoms with Crippen molar-refractivity contribution in [2.45, 2.75) is 52.2 Å². The molecule has 0 heterocycles. The number of imide groups is 1. The largest absolute Gasteiger partial charge is 0.496 e. The minimum atomic E-state index is -0.832. The Labute approximate surface area is 238 Å². The van der Waals surface area contributed by atoms with E-state index in [9.17, 15) is 24.5 Å². The summed E-state index contributed by atoms with van der Waals surface area (Å²) in [6.45, 7) is 6.69. The number of nitrogens with zero attached hydrogens (tertiary/aromatic N) is 1. The highest BCUT2D eigenvalue weighted by Crippen LogP contribution is 2.28. The fourth-order valence-corrected chi connectivity index (χ4v) is 3.90. The van der Waals surface area contributed by atoms with Gasteiger partial charge in [-0.15, -0.1) is 12.4 Å². The van der Waals surface area contributed by atoms with Crippen molar-refractivity contribution in [3.8, 4) is 5.75 Å². The number of nitro groups is 1. The van der Waals surface area contributed by atoms with Gasteiger partial charge in [0.2, 0.25) is 5.91 Å². The molecule has 13 heteroatoms. The average molecular weight is 585 g/mol. The van der Waals surface area contributed by atoms with Gasteiger partial charge >= 0.3 is 12.0 Å². The lowest BCUT2D eigenvalue weighted by molar-refractivity contribution is -0.385. The maximum Gasteiger partial charge on any atom is 0.345 e. The molecular weight excluding hydrogens is 551 g/mol. The van der Waals surface area contributed by atoms with Crippen molar-refractivity contribution >= 4 is 47.6 Å². The molecule has 0 bridgehead atoms. The third-order valence-corrected chi connectivity index (χ3v) is 5.79. The number of nitrogens with two attached hydrogens (primary N) is 1. The van der Waals surface area contributed by atoms with Gasteiger partial charge in [-0.1, -0.05) is 24.6 Å². The Balaban J connectivity index is 0.00000760. The normalized spacial score (nSPS) is 12.4. The van der Waals surface area contributed by atoms with Crippen LogP contribution in [-0.2, 0) is 16.0 Å². The van der Waals surface area contributed by atoms with Gasteiger partial charge < -0.3 is 20.5 Å². The lowest BCUT2D eigenvalue weighted by atomic mass is 9.97. The summed E-state index contributed by atoms with van der Waals surface area (Å²) in [5.74, 6) is -1.65. The molecule has 39 heavy (non-hydrogen) atoms. The van der Waals surface area contributed by atoms with Gasteiger partial charge in [0, 0.05) is 17.6 Å². The van der Waals surface area contributed by atoms with E-state index in [2.05, 4.69) is 10.6 Å². The number of nitro benzene ring substituents is 1. The summed E-state index contributed by atoms with van der Waals surface area (Å²) in [6, 6.07) is 7.52. The molecule has 0 aliphatic rings. The topological polar surface area (TPSA) is 163 Å². The summed E-state index contributed by atoms with van der Waals surface area (Å²) in [4.78, 5) is 48.9. The second-order valence-electron chi connectivity index (χ2n) is 9.55. The van der Waals surface area contributed by atoms with Gasteiger partial charge in [0.1, 0.15) is 16.9 Å². The highest BCUT2D eigenvalue weighted by molar-refractivity contribution is 6.30.